The summed E-state index contributed by atoms with van der Waals surface area (Å²) < 4.78 is 13.4. The summed E-state index contributed by atoms with van der Waals surface area (Å²) in [5.74, 6) is 0. The molecule has 9 nitrogen and oxygen atoms in total. The zero-order valence-corrected chi connectivity index (χ0v) is 18.3. The molecule has 153 valence electrons. The Bertz CT molecular complexity index is 965. The zero-order chi connectivity index (χ0) is 20.5. The van der Waals surface area contributed by atoms with Crippen LogP contribution in [0.1, 0.15) is 20.8 Å². The summed E-state index contributed by atoms with van der Waals surface area (Å²) in [5, 5.41) is 6.62. The topological polar surface area (TPSA) is 94.4 Å². The number of amides is 2. The normalized spacial score (nSPS) is 17.1. The molecule has 1 saturated heterocycles. The number of carbonyl (C=O) groups excluding carboxylic acids is 2. The van der Waals surface area contributed by atoms with Gasteiger partial charge in [-0.1, -0.05) is 16.5 Å². The third-order valence-electron chi connectivity index (χ3n) is 4.02. The van der Waals surface area contributed by atoms with Crippen molar-refractivity contribution >= 4 is 58.3 Å². The SMILES string of the molecule is CON=c1sc2cc(N3C[C@H](CNC(=O)OC(C)(C)C)OC3=O)ccc2n1C.[Li]. The van der Waals surface area contributed by atoms with Crippen molar-refractivity contribution in [3.8, 4) is 0 Å². The number of thiazole rings is 1. The molecule has 1 radical (unpaired) electrons. The molecule has 2 heterocycles. The Balaban J connectivity index is 0.00000300. The van der Waals surface area contributed by atoms with Crippen molar-refractivity contribution in [3.05, 3.63) is 23.0 Å². The van der Waals surface area contributed by atoms with Gasteiger partial charge in [0, 0.05) is 31.6 Å². The molecule has 1 N–H and O–H groups in total. The first-order valence-corrected chi connectivity index (χ1v) is 9.61. The molecule has 29 heavy (non-hydrogen) atoms. The summed E-state index contributed by atoms with van der Waals surface area (Å²) in [7, 11) is 3.40. The third-order valence-corrected chi connectivity index (χ3v) is 5.10. The summed E-state index contributed by atoms with van der Waals surface area (Å²) in [6, 6.07) is 5.70. The Kier molecular flexibility index (Phi) is 7.27. The quantitative estimate of drug-likeness (QED) is 0.610. The molecule has 3 rings (SSSR count). The van der Waals surface area contributed by atoms with Gasteiger partial charge in [0.1, 0.15) is 18.8 Å². The zero-order valence-electron chi connectivity index (χ0n) is 17.5. The number of rotatable bonds is 4. The Morgan fingerprint density at radius 1 is 1.41 bits per heavy atom. The number of anilines is 1. The summed E-state index contributed by atoms with van der Waals surface area (Å²) in [5.41, 5.74) is 1.13. The monoisotopic (exact) mass is 415 g/mol. The smallest absolute Gasteiger partial charge is 0.414 e. The number of cyclic esters (lactones) is 1. The van der Waals surface area contributed by atoms with Gasteiger partial charge in [-0.25, -0.2) is 9.59 Å². The van der Waals surface area contributed by atoms with Gasteiger partial charge in [0.05, 0.1) is 23.3 Å². The van der Waals surface area contributed by atoms with Crippen molar-refractivity contribution in [2.45, 2.75) is 32.5 Å². The van der Waals surface area contributed by atoms with Gasteiger partial charge in [-0.2, -0.15) is 0 Å². The number of carbonyl (C=O) groups is 2. The van der Waals surface area contributed by atoms with Crippen LogP contribution in [0.3, 0.4) is 0 Å². The molecule has 11 heteroatoms. The maximum Gasteiger partial charge on any atom is 0.414 e. The second-order valence-electron chi connectivity index (χ2n) is 7.37. The molecule has 1 aromatic carbocycles. The first-order chi connectivity index (χ1) is 13.2. The molecular weight excluding hydrogens is 391 g/mol. The van der Waals surface area contributed by atoms with E-state index in [1.807, 2.05) is 29.8 Å². The van der Waals surface area contributed by atoms with Crippen LogP contribution < -0.4 is 15.0 Å². The van der Waals surface area contributed by atoms with E-state index in [4.69, 9.17) is 14.3 Å². The van der Waals surface area contributed by atoms with Crippen molar-refractivity contribution in [2.75, 3.05) is 25.1 Å². The summed E-state index contributed by atoms with van der Waals surface area (Å²) >= 11 is 1.46. The first kappa shape index (κ1) is 23.1. The molecule has 0 spiro atoms. The summed E-state index contributed by atoms with van der Waals surface area (Å²) in [6.45, 7) is 5.89. The van der Waals surface area contributed by atoms with Crippen LogP contribution in [0, 0.1) is 0 Å². The van der Waals surface area contributed by atoms with Crippen LogP contribution in [0.15, 0.2) is 23.4 Å². The van der Waals surface area contributed by atoms with Gasteiger partial charge in [-0.05, 0) is 39.0 Å². The standard InChI is InChI=1S/C18H24N4O5S.Li/c1-18(2,3)27-16(23)19-9-12-10-22(17(24)26-12)11-6-7-13-14(8-11)28-15(20-25-5)21(13)4;/h6-8,12H,9-10H2,1-5H3,(H,19,23);/t12-;/m0./s1. The number of aryl methyl sites for hydroxylation is 1. The van der Waals surface area contributed by atoms with Crippen LogP contribution in [0.5, 0.6) is 0 Å². The number of nitrogens with one attached hydrogen (secondary N) is 1. The number of ether oxygens (including phenoxy) is 2. The van der Waals surface area contributed by atoms with Crippen molar-refractivity contribution < 1.29 is 23.9 Å². The van der Waals surface area contributed by atoms with E-state index in [0.29, 0.717) is 6.54 Å². The molecule has 2 amide bonds. The number of hydrogen-bond donors (Lipinski definition) is 1. The van der Waals surface area contributed by atoms with Crippen LogP contribution in [0.4, 0.5) is 15.3 Å². The van der Waals surface area contributed by atoms with E-state index < -0.39 is 23.9 Å². The van der Waals surface area contributed by atoms with E-state index in [2.05, 4.69) is 10.5 Å². The first-order valence-electron chi connectivity index (χ1n) is 8.79. The largest absolute Gasteiger partial charge is 0.444 e. The second-order valence-corrected chi connectivity index (χ2v) is 8.38. The van der Waals surface area contributed by atoms with Gasteiger partial charge in [-0.15, -0.1) is 0 Å². The molecular formula is C18H24LiN4O5S. The molecule has 1 aromatic heterocycles. The van der Waals surface area contributed by atoms with Crippen molar-refractivity contribution in [1.29, 1.82) is 0 Å². The number of benzene rings is 1. The van der Waals surface area contributed by atoms with Crippen LogP contribution in [0.2, 0.25) is 0 Å². The minimum atomic E-state index is -0.581. The second kappa shape index (κ2) is 9.11. The number of nitrogens with zero attached hydrogens (tertiary/aromatic N) is 3. The minimum absolute atomic E-state index is 0. The fourth-order valence-corrected chi connectivity index (χ4v) is 3.84. The van der Waals surface area contributed by atoms with Gasteiger partial charge >= 0.3 is 12.2 Å². The van der Waals surface area contributed by atoms with E-state index in [-0.39, 0.29) is 25.4 Å². The molecule has 1 atom stereocenters. The molecule has 0 aliphatic carbocycles. The van der Waals surface area contributed by atoms with E-state index in [1.54, 1.807) is 25.7 Å². The molecule has 0 bridgehead atoms. The van der Waals surface area contributed by atoms with Crippen LogP contribution in [0.25, 0.3) is 10.2 Å². The molecule has 2 aromatic rings. The van der Waals surface area contributed by atoms with Gasteiger partial charge in [0.15, 0.2) is 0 Å². The number of aromatic nitrogens is 1. The third kappa shape index (κ3) is 5.47. The van der Waals surface area contributed by atoms with Gasteiger partial charge in [0.25, 0.3) is 0 Å². The Morgan fingerprint density at radius 2 is 2.14 bits per heavy atom. The molecule has 0 unspecified atom stereocenters. The average molecular weight is 415 g/mol. The number of fused-ring (bicyclic) bond motifs is 1. The number of hydrogen-bond acceptors (Lipinski definition) is 7. The van der Waals surface area contributed by atoms with Crippen molar-refractivity contribution in [1.82, 2.24) is 9.88 Å². The van der Waals surface area contributed by atoms with Crippen LogP contribution >= 0.6 is 11.3 Å². The Hall–Kier alpha value is -2.15. The van der Waals surface area contributed by atoms with Gasteiger partial charge in [0.2, 0.25) is 4.80 Å². The van der Waals surface area contributed by atoms with Gasteiger partial charge in [-0.3, -0.25) is 4.90 Å². The van der Waals surface area contributed by atoms with E-state index in [1.165, 1.54) is 18.4 Å². The fraction of sp³-hybridized carbons (Fsp3) is 0.500. The van der Waals surface area contributed by atoms with Gasteiger partial charge < -0.3 is 24.2 Å². The maximum absolute atomic E-state index is 12.3. The van der Waals surface area contributed by atoms with Crippen LogP contribution in [-0.2, 0) is 21.4 Å². The van der Waals surface area contributed by atoms with E-state index >= 15 is 0 Å². The average Bonchev–Trinajstić information content (AvgIpc) is 3.12. The Labute approximate surface area is 184 Å². The summed E-state index contributed by atoms with van der Waals surface area (Å²) in [6.07, 6.45) is -1.43. The minimum Gasteiger partial charge on any atom is -0.444 e. The fourth-order valence-electron chi connectivity index (χ4n) is 2.81. The van der Waals surface area contributed by atoms with E-state index in [9.17, 15) is 9.59 Å². The Morgan fingerprint density at radius 3 is 2.79 bits per heavy atom. The predicted molar refractivity (Wildman–Crippen MR) is 111 cm³/mol. The van der Waals surface area contributed by atoms with Crippen molar-refractivity contribution in [2.24, 2.45) is 12.2 Å². The summed E-state index contributed by atoms with van der Waals surface area (Å²) in [4.78, 5) is 31.2. The molecule has 1 aliphatic rings. The predicted octanol–water partition coefficient (Wildman–Crippen LogP) is 2.17. The van der Waals surface area contributed by atoms with Crippen LogP contribution in [-0.4, -0.2) is 67.5 Å². The van der Waals surface area contributed by atoms with Crippen molar-refractivity contribution in [3.63, 3.8) is 0 Å². The maximum atomic E-state index is 12.3. The van der Waals surface area contributed by atoms with E-state index in [0.717, 1.165) is 20.7 Å². The number of alkyl carbamates (subject to hydrolysis) is 1. The molecule has 1 aliphatic heterocycles. The molecule has 1 fully saturated rings. The molecule has 0 saturated carbocycles.